The zero-order chi connectivity index (χ0) is 11.3. The summed E-state index contributed by atoms with van der Waals surface area (Å²) < 4.78 is 0. The third-order valence-electron chi connectivity index (χ3n) is 2.23. The minimum absolute atomic E-state index is 0.258. The molecule has 0 aliphatic heterocycles. The third kappa shape index (κ3) is 4.80. The van der Waals surface area contributed by atoms with Gasteiger partial charge in [-0.2, -0.15) is 0 Å². The lowest BCUT2D eigenvalue weighted by Gasteiger charge is -2.24. The maximum absolute atomic E-state index is 5.69. The fraction of sp³-hybridized carbons (Fsp3) is 0.800. The first kappa shape index (κ1) is 12.7. The number of halogens is 1. The van der Waals surface area contributed by atoms with E-state index in [2.05, 4.69) is 29.4 Å². The van der Waals surface area contributed by atoms with E-state index in [9.17, 15) is 0 Å². The molecule has 0 fully saturated rings. The molecule has 0 amide bonds. The first-order valence-corrected chi connectivity index (χ1v) is 6.48. The molecule has 86 valence electrons. The van der Waals surface area contributed by atoms with Crippen LogP contribution in [0.5, 0.6) is 0 Å². The molecule has 5 heteroatoms. The van der Waals surface area contributed by atoms with Crippen LogP contribution in [0.4, 0.5) is 5.13 Å². The Hall–Kier alpha value is -0.350. The predicted octanol–water partition coefficient (Wildman–Crippen LogP) is 3.30. The van der Waals surface area contributed by atoms with Crippen molar-refractivity contribution in [3.63, 3.8) is 0 Å². The molecule has 0 aliphatic rings. The Bertz CT molecular complexity index is 299. The fourth-order valence-corrected chi connectivity index (χ4v) is 2.04. The molecule has 1 aromatic heterocycles. The summed E-state index contributed by atoms with van der Waals surface area (Å²) in [7, 11) is 0. The number of aromatic nitrogens is 2. The number of alkyl halides is 1. The Morgan fingerprint density at radius 3 is 2.67 bits per heavy atom. The highest BCUT2D eigenvalue weighted by atomic mass is 35.5. The number of anilines is 1. The van der Waals surface area contributed by atoms with E-state index < -0.39 is 0 Å². The van der Waals surface area contributed by atoms with Gasteiger partial charge in [0.25, 0.3) is 0 Å². The zero-order valence-electron chi connectivity index (χ0n) is 9.51. The van der Waals surface area contributed by atoms with E-state index in [1.54, 1.807) is 11.3 Å². The van der Waals surface area contributed by atoms with Gasteiger partial charge in [0, 0.05) is 12.4 Å². The minimum Gasteiger partial charge on any atom is -0.360 e. The molecule has 1 aromatic rings. The third-order valence-corrected chi connectivity index (χ3v) is 3.30. The van der Waals surface area contributed by atoms with Gasteiger partial charge in [-0.05, 0) is 25.2 Å². The molecule has 0 spiro atoms. The molecule has 0 saturated heterocycles. The van der Waals surface area contributed by atoms with E-state index in [-0.39, 0.29) is 5.41 Å². The Balaban J connectivity index is 2.35. The lowest BCUT2D eigenvalue weighted by atomic mass is 9.88. The summed E-state index contributed by atoms with van der Waals surface area (Å²) in [6, 6.07) is 0. The molecular weight excluding hydrogens is 230 g/mol. The molecular formula is C10H18ClN3S. The molecule has 1 rings (SSSR count). The average molecular weight is 248 g/mol. The van der Waals surface area contributed by atoms with Crippen molar-refractivity contribution < 1.29 is 0 Å². The van der Waals surface area contributed by atoms with E-state index in [1.165, 1.54) is 0 Å². The van der Waals surface area contributed by atoms with Crippen LogP contribution in [0.3, 0.4) is 0 Å². The maximum atomic E-state index is 5.69. The Morgan fingerprint density at radius 2 is 2.13 bits per heavy atom. The number of nitrogens with zero attached hydrogens (tertiary/aromatic N) is 2. The van der Waals surface area contributed by atoms with E-state index in [4.69, 9.17) is 11.6 Å². The molecule has 0 aliphatic carbocycles. The molecule has 3 nitrogen and oxygen atoms in total. The van der Waals surface area contributed by atoms with Gasteiger partial charge in [-0.1, -0.05) is 25.2 Å². The van der Waals surface area contributed by atoms with E-state index >= 15 is 0 Å². The van der Waals surface area contributed by atoms with Crippen molar-refractivity contribution in [2.75, 3.05) is 17.7 Å². The van der Waals surface area contributed by atoms with Crippen LogP contribution < -0.4 is 5.32 Å². The SMILES string of the molecule is Cc1nnc(NCC(C)(C)CCCCl)s1. The van der Waals surface area contributed by atoms with Gasteiger partial charge in [0.05, 0.1) is 0 Å². The lowest BCUT2D eigenvalue weighted by Crippen LogP contribution is -2.23. The molecule has 0 saturated carbocycles. The van der Waals surface area contributed by atoms with Crippen molar-refractivity contribution in [3.05, 3.63) is 5.01 Å². The Kier molecular flexibility index (Phi) is 4.80. The summed E-state index contributed by atoms with van der Waals surface area (Å²) in [5, 5.41) is 13.2. The largest absolute Gasteiger partial charge is 0.360 e. The van der Waals surface area contributed by atoms with Crippen molar-refractivity contribution in [2.24, 2.45) is 5.41 Å². The monoisotopic (exact) mass is 247 g/mol. The molecule has 0 aromatic carbocycles. The van der Waals surface area contributed by atoms with Gasteiger partial charge in [-0.15, -0.1) is 21.8 Å². The average Bonchev–Trinajstić information content (AvgIpc) is 2.59. The van der Waals surface area contributed by atoms with Gasteiger partial charge in [0.15, 0.2) is 0 Å². The first-order valence-electron chi connectivity index (χ1n) is 5.13. The normalized spacial score (nSPS) is 11.7. The van der Waals surface area contributed by atoms with Crippen LogP contribution in [0.15, 0.2) is 0 Å². The molecule has 0 atom stereocenters. The van der Waals surface area contributed by atoms with Gasteiger partial charge < -0.3 is 5.32 Å². The van der Waals surface area contributed by atoms with Crippen molar-refractivity contribution in [3.8, 4) is 0 Å². The van der Waals surface area contributed by atoms with Gasteiger partial charge in [-0.3, -0.25) is 0 Å². The number of aryl methyl sites for hydroxylation is 1. The number of rotatable bonds is 6. The van der Waals surface area contributed by atoms with Crippen molar-refractivity contribution in [2.45, 2.75) is 33.6 Å². The molecule has 0 unspecified atom stereocenters. The minimum atomic E-state index is 0.258. The van der Waals surface area contributed by atoms with Crippen molar-refractivity contribution in [1.82, 2.24) is 10.2 Å². The van der Waals surface area contributed by atoms with Gasteiger partial charge >= 0.3 is 0 Å². The van der Waals surface area contributed by atoms with E-state index in [1.807, 2.05) is 6.92 Å². The van der Waals surface area contributed by atoms with Crippen LogP contribution in [0.1, 0.15) is 31.7 Å². The topological polar surface area (TPSA) is 37.8 Å². The summed E-state index contributed by atoms with van der Waals surface area (Å²) in [5.41, 5.74) is 0.258. The summed E-state index contributed by atoms with van der Waals surface area (Å²) >= 11 is 7.28. The standard InChI is InChI=1S/C10H18ClN3S/c1-8-13-14-9(15-8)12-7-10(2,3)5-4-6-11/h4-7H2,1-3H3,(H,12,14). The Morgan fingerprint density at radius 1 is 1.40 bits per heavy atom. The number of hydrogen-bond acceptors (Lipinski definition) is 4. The second-order valence-corrected chi connectivity index (χ2v) is 6.00. The fourth-order valence-electron chi connectivity index (χ4n) is 1.32. The highest BCUT2D eigenvalue weighted by Crippen LogP contribution is 2.24. The van der Waals surface area contributed by atoms with Crippen LogP contribution in [0.2, 0.25) is 0 Å². The summed E-state index contributed by atoms with van der Waals surface area (Å²) in [6.45, 7) is 7.35. The molecule has 1 heterocycles. The van der Waals surface area contributed by atoms with Crippen LogP contribution in [0.25, 0.3) is 0 Å². The maximum Gasteiger partial charge on any atom is 0.205 e. The Labute approximate surface area is 100 Å². The molecule has 15 heavy (non-hydrogen) atoms. The van der Waals surface area contributed by atoms with Gasteiger partial charge in [-0.25, -0.2) is 0 Å². The summed E-state index contributed by atoms with van der Waals surface area (Å²) in [4.78, 5) is 0. The smallest absolute Gasteiger partial charge is 0.205 e. The second kappa shape index (κ2) is 5.66. The molecule has 0 bridgehead atoms. The number of hydrogen-bond donors (Lipinski definition) is 1. The van der Waals surface area contributed by atoms with E-state index in [0.29, 0.717) is 0 Å². The van der Waals surface area contributed by atoms with Crippen LogP contribution in [0, 0.1) is 12.3 Å². The second-order valence-electron chi connectivity index (χ2n) is 4.44. The summed E-state index contributed by atoms with van der Waals surface area (Å²) in [5.74, 6) is 0.737. The van der Waals surface area contributed by atoms with Crippen LogP contribution >= 0.6 is 22.9 Å². The van der Waals surface area contributed by atoms with Gasteiger partial charge in [0.1, 0.15) is 5.01 Å². The van der Waals surface area contributed by atoms with Crippen LogP contribution in [-0.4, -0.2) is 22.6 Å². The predicted molar refractivity (Wildman–Crippen MR) is 66.9 cm³/mol. The highest BCUT2D eigenvalue weighted by Gasteiger charge is 2.17. The molecule has 1 N–H and O–H groups in total. The van der Waals surface area contributed by atoms with Gasteiger partial charge in [0.2, 0.25) is 5.13 Å². The summed E-state index contributed by atoms with van der Waals surface area (Å²) in [6.07, 6.45) is 2.19. The van der Waals surface area contributed by atoms with Crippen molar-refractivity contribution in [1.29, 1.82) is 0 Å². The highest BCUT2D eigenvalue weighted by molar-refractivity contribution is 7.15. The molecule has 0 radical (unpaired) electrons. The van der Waals surface area contributed by atoms with E-state index in [0.717, 1.165) is 35.4 Å². The quantitative estimate of drug-likeness (QED) is 0.784. The van der Waals surface area contributed by atoms with Crippen molar-refractivity contribution >= 4 is 28.1 Å². The first-order chi connectivity index (χ1) is 7.03. The number of nitrogens with one attached hydrogen (secondary N) is 1. The van der Waals surface area contributed by atoms with Crippen LogP contribution in [-0.2, 0) is 0 Å². The lowest BCUT2D eigenvalue weighted by molar-refractivity contribution is 0.355. The zero-order valence-corrected chi connectivity index (χ0v) is 11.1.